The number of rotatable bonds is 5. The van der Waals surface area contributed by atoms with Crippen LogP contribution in [0.3, 0.4) is 0 Å². The minimum absolute atomic E-state index is 0.192. The SMILES string of the molecule is CC(=O)N1CCC(NC(Cc2ccccc2)c2ccccc2)CC1. The summed E-state index contributed by atoms with van der Waals surface area (Å²) in [6.45, 7) is 3.38. The first-order valence-corrected chi connectivity index (χ1v) is 8.83. The molecular weight excluding hydrogens is 296 g/mol. The highest BCUT2D eigenvalue weighted by molar-refractivity contribution is 5.73. The van der Waals surface area contributed by atoms with Gasteiger partial charge in [-0.1, -0.05) is 60.7 Å². The Kier molecular flexibility index (Phi) is 5.65. The number of likely N-dealkylation sites (tertiary alicyclic amines) is 1. The average Bonchev–Trinajstić information content (AvgIpc) is 2.63. The highest BCUT2D eigenvalue weighted by atomic mass is 16.2. The standard InChI is InChI=1S/C21H26N2O/c1-17(24)23-14-12-20(13-15-23)22-21(19-10-6-3-7-11-19)16-18-8-4-2-5-9-18/h2-11,20-22H,12-16H2,1H3. The lowest BCUT2D eigenvalue weighted by molar-refractivity contribution is -0.129. The Morgan fingerprint density at radius 3 is 2.21 bits per heavy atom. The first-order chi connectivity index (χ1) is 11.7. The van der Waals surface area contributed by atoms with E-state index in [9.17, 15) is 4.79 Å². The Labute approximate surface area is 144 Å². The monoisotopic (exact) mass is 322 g/mol. The fraction of sp³-hybridized carbons (Fsp3) is 0.381. The number of carbonyl (C=O) groups excluding carboxylic acids is 1. The smallest absolute Gasteiger partial charge is 0.219 e. The maximum absolute atomic E-state index is 11.5. The molecule has 3 rings (SSSR count). The quantitative estimate of drug-likeness (QED) is 0.913. The van der Waals surface area contributed by atoms with Crippen molar-refractivity contribution in [1.82, 2.24) is 10.2 Å². The largest absolute Gasteiger partial charge is 0.343 e. The van der Waals surface area contributed by atoms with Crippen molar-refractivity contribution in [3.05, 3.63) is 71.8 Å². The predicted octanol–water partition coefficient (Wildman–Crippen LogP) is 3.57. The number of hydrogen-bond donors (Lipinski definition) is 1. The van der Waals surface area contributed by atoms with E-state index >= 15 is 0 Å². The number of benzene rings is 2. The Hall–Kier alpha value is -2.13. The molecule has 1 atom stereocenters. The van der Waals surface area contributed by atoms with Gasteiger partial charge in [-0.15, -0.1) is 0 Å². The van der Waals surface area contributed by atoms with Crippen molar-refractivity contribution in [3.8, 4) is 0 Å². The fourth-order valence-electron chi connectivity index (χ4n) is 3.45. The molecular formula is C21H26N2O. The summed E-state index contributed by atoms with van der Waals surface area (Å²) in [6, 6.07) is 22.1. The second-order valence-electron chi connectivity index (χ2n) is 6.60. The zero-order chi connectivity index (χ0) is 16.8. The van der Waals surface area contributed by atoms with E-state index in [2.05, 4.69) is 66.0 Å². The maximum atomic E-state index is 11.5. The normalized spacial score (nSPS) is 16.8. The van der Waals surface area contributed by atoms with Crippen LogP contribution in [-0.2, 0) is 11.2 Å². The summed E-state index contributed by atoms with van der Waals surface area (Å²) in [5.41, 5.74) is 2.68. The highest BCUT2D eigenvalue weighted by Crippen LogP contribution is 2.21. The minimum Gasteiger partial charge on any atom is -0.343 e. The molecule has 1 aliphatic rings. The van der Waals surface area contributed by atoms with E-state index in [1.165, 1.54) is 11.1 Å². The Morgan fingerprint density at radius 1 is 1.04 bits per heavy atom. The van der Waals surface area contributed by atoms with Crippen LogP contribution in [0.15, 0.2) is 60.7 Å². The van der Waals surface area contributed by atoms with Crippen molar-refractivity contribution in [2.45, 2.75) is 38.3 Å². The molecule has 0 radical (unpaired) electrons. The lowest BCUT2D eigenvalue weighted by Crippen LogP contribution is -2.45. The maximum Gasteiger partial charge on any atom is 0.219 e. The number of nitrogens with zero attached hydrogens (tertiary/aromatic N) is 1. The topological polar surface area (TPSA) is 32.3 Å². The van der Waals surface area contributed by atoms with E-state index in [1.807, 2.05) is 4.90 Å². The van der Waals surface area contributed by atoms with Crippen molar-refractivity contribution in [2.75, 3.05) is 13.1 Å². The molecule has 0 aromatic heterocycles. The Morgan fingerprint density at radius 2 is 1.62 bits per heavy atom. The number of nitrogens with one attached hydrogen (secondary N) is 1. The molecule has 0 saturated carbocycles. The second kappa shape index (κ2) is 8.11. The molecule has 1 unspecified atom stereocenters. The predicted molar refractivity (Wildman–Crippen MR) is 97.7 cm³/mol. The van der Waals surface area contributed by atoms with Crippen LogP contribution < -0.4 is 5.32 Å². The molecule has 0 bridgehead atoms. The minimum atomic E-state index is 0.192. The van der Waals surface area contributed by atoms with E-state index in [0.717, 1.165) is 32.4 Å². The van der Waals surface area contributed by atoms with Crippen LogP contribution in [-0.4, -0.2) is 29.9 Å². The van der Waals surface area contributed by atoms with E-state index in [1.54, 1.807) is 6.92 Å². The molecule has 126 valence electrons. The van der Waals surface area contributed by atoms with Crippen molar-refractivity contribution in [1.29, 1.82) is 0 Å². The zero-order valence-corrected chi connectivity index (χ0v) is 14.3. The number of hydrogen-bond acceptors (Lipinski definition) is 2. The second-order valence-corrected chi connectivity index (χ2v) is 6.60. The van der Waals surface area contributed by atoms with Gasteiger partial charge in [0.2, 0.25) is 5.91 Å². The fourth-order valence-corrected chi connectivity index (χ4v) is 3.45. The molecule has 1 heterocycles. The van der Waals surface area contributed by atoms with Crippen LogP contribution in [0.25, 0.3) is 0 Å². The summed E-state index contributed by atoms with van der Waals surface area (Å²) in [6.07, 6.45) is 3.03. The third-order valence-corrected chi connectivity index (χ3v) is 4.86. The van der Waals surface area contributed by atoms with Crippen molar-refractivity contribution in [3.63, 3.8) is 0 Å². The van der Waals surface area contributed by atoms with Crippen LogP contribution in [0.2, 0.25) is 0 Å². The summed E-state index contributed by atoms with van der Waals surface area (Å²) in [4.78, 5) is 13.4. The van der Waals surface area contributed by atoms with Crippen LogP contribution in [0.4, 0.5) is 0 Å². The van der Waals surface area contributed by atoms with E-state index < -0.39 is 0 Å². The van der Waals surface area contributed by atoms with Crippen LogP contribution in [0.5, 0.6) is 0 Å². The summed E-state index contributed by atoms with van der Waals surface area (Å²) >= 11 is 0. The van der Waals surface area contributed by atoms with Crippen LogP contribution >= 0.6 is 0 Å². The first-order valence-electron chi connectivity index (χ1n) is 8.83. The molecule has 3 nitrogen and oxygen atoms in total. The van der Waals surface area contributed by atoms with E-state index in [0.29, 0.717) is 12.1 Å². The zero-order valence-electron chi connectivity index (χ0n) is 14.3. The van der Waals surface area contributed by atoms with Crippen molar-refractivity contribution < 1.29 is 4.79 Å². The summed E-state index contributed by atoms with van der Waals surface area (Å²) in [5.74, 6) is 0.192. The van der Waals surface area contributed by atoms with Crippen molar-refractivity contribution in [2.24, 2.45) is 0 Å². The van der Waals surface area contributed by atoms with Crippen LogP contribution in [0.1, 0.15) is 36.9 Å². The Bertz CT molecular complexity index is 633. The molecule has 1 amide bonds. The third kappa shape index (κ3) is 4.45. The molecule has 1 fully saturated rings. The van der Waals surface area contributed by atoms with Crippen molar-refractivity contribution >= 4 is 5.91 Å². The summed E-state index contributed by atoms with van der Waals surface area (Å²) in [5, 5.41) is 3.84. The van der Waals surface area contributed by atoms with Gasteiger partial charge in [0.15, 0.2) is 0 Å². The average molecular weight is 322 g/mol. The summed E-state index contributed by atoms with van der Waals surface area (Å²) in [7, 11) is 0. The van der Waals surface area contributed by atoms with Crippen LogP contribution in [0, 0.1) is 0 Å². The van der Waals surface area contributed by atoms with Gasteiger partial charge in [-0.2, -0.15) is 0 Å². The number of amides is 1. The van der Waals surface area contributed by atoms with Gasteiger partial charge in [0.05, 0.1) is 0 Å². The van der Waals surface area contributed by atoms with Gasteiger partial charge < -0.3 is 10.2 Å². The molecule has 1 aliphatic heterocycles. The molecule has 2 aromatic rings. The van der Waals surface area contributed by atoms with Gasteiger partial charge in [-0.25, -0.2) is 0 Å². The number of carbonyl (C=O) groups is 1. The first kappa shape index (κ1) is 16.7. The highest BCUT2D eigenvalue weighted by Gasteiger charge is 2.23. The van der Waals surface area contributed by atoms with E-state index in [-0.39, 0.29) is 5.91 Å². The molecule has 24 heavy (non-hydrogen) atoms. The molecule has 3 heteroatoms. The summed E-state index contributed by atoms with van der Waals surface area (Å²) < 4.78 is 0. The molecule has 2 aromatic carbocycles. The third-order valence-electron chi connectivity index (χ3n) is 4.86. The van der Waals surface area contributed by atoms with Gasteiger partial charge in [0, 0.05) is 32.1 Å². The number of piperidine rings is 1. The lowest BCUT2D eigenvalue weighted by atomic mass is 9.96. The Balaban J connectivity index is 1.68. The molecule has 0 aliphatic carbocycles. The molecule has 1 saturated heterocycles. The van der Waals surface area contributed by atoms with Gasteiger partial charge in [-0.3, -0.25) is 4.79 Å². The molecule has 0 spiro atoms. The lowest BCUT2D eigenvalue weighted by Gasteiger charge is -2.34. The van der Waals surface area contributed by atoms with Gasteiger partial charge >= 0.3 is 0 Å². The van der Waals surface area contributed by atoms with Gasteiger partial charge in [-0.05, 0) is 30.4 Å². The molecule has 1 N–H and O–H groups in total. The van der Waals surface area contributed by atoms with Gasteiger partial charge in [0.1, 0.15) is 0 Å². The van der Waals surface area contributed by atoms with E-state index in [4.69, 9.17) is 0 Å². The van der Waals surface area contributed by atoms with Gasteiger partial charge in [0.25, 0.3) is 0 Å².